The molecule has 1 fully saturated rings. The van der Waals surface area contributed by atoms with Crippen molar-refractivity contribution in [2.24, 2.45) is 0 Å². The predicted molar refractivity (Wildman–Crippen MR) is 140 cm³/mol. The summed E-state index contributed by atoms with van der Waals surface area (Å²) in [6.07, 6.45) is 0. The molecule has 1 aliphatic rings. The van der Waals surface area contributed by atoms with Crippen LogP contribution in [0.5, 0.6) is 0 Å². The van der Waals surface area contributed by atoms with Crippen LogP contribution in [-0.4, -0.2) is 19.0 Å². The maximum absolute atomic E-state index is 2.61. The quantitative estimate of drug-likeness (QED) is 0.289. The van der Waals surface area contributed by atoms with E-state index >= 15 is 0 Å². The lowest BCUT2D eigenvalue weighted by Gasteiger charge is -2.60. The third-order valence-corrected chi connectivity index (χ3v) is 12.0. The van der Waals surface area contributed by atoms with Gasteiger partial charge in [0.15, 0.2) is 0 Å². The minimum atomic E-state index is -1.86. The summed E-state index contributed by atoms with van der Waals surface area (Å²) in [5.74, 6) is 0. The Morgan fingerprint density at radius 1 is 0.636 bits per heavy atom. The van der Waals surface area contributed by atoms with Crippen molar-refractivity contribution in [3.8, 4) is 0 Å². The summed E-state index contributed by atoms with van der Waals surface area (Å²) >= 11 is 0. The Labute approximate surface area is 210 Å². The van der Waals surface area contributed by atoms with E-state index in [1.165, 1.54) is 21.5 Å². The molecular formula is C29H30BBrNP. The minimum absolute atomic E-state index is 0. The lowest BCUT2D eigenvalue weighted by molar-refractivity contribution is -0.866. The Morgan fingerprint density at radius 3 is 1.36 bits per heavy atom. The van der Waals surface area contributed by atoms with Gasteiger partial charge >= 0.3 is 0 Å². The summed E-state index contributed by atoms with van der Waals surface area (Å²) in [7, 11) is 0.756. The molecule has 4 heteroatoms. The van der Waals surface area contributed by atoms with Gasteiger partial charge in [-0.15, -0.1) is 0 Å². The zero-order valence-electron chi connectivity index (χ0n) is 19.2. The van der Waals surface area contributed by atoms with Gasteiger partial charge < -0.3 is 21.8 Å². The van der Waals surface area contributed by atoms with Gasteiger partial charge in [0, 0.05) is 17.2 Å². The molecule has 1 heterocycles. The van der Waals surface area contributed by atoms with Gasteiger partial charge in [-0.05, 0) is 50.2 Å². The lowest BCUT2D eigenvalue weighted by atomic mass is 9.67. The number of hydrogen-bond donors (Lipinski definition) is 1. The van der Waals surface area contributed by atoms with Crippen LogP contribution in [0.25, 0.3) is 0 Å². The number of hydrogen-bond acceptors (Lipinski definition) is 0. The maximum Gasteiger partial charge on any atom is 0.101 e. The van der Waals surface area contributed by atoms with Gasteiger partial charge in [0.2, 0.25) is 0 Å². The highest BCUT2D eigenvalue weighted by atomic mass is 79.9. The molecule has 0 bridgehead atoms. The van der Waals surface area contributed by atoms with Gasteiger partial charge in [0.25, 0.3) is 0 Å². The summed E-state index contributed by atoms with van der Waals surface area (Å²) in [4.78, 5) is 1.58. The molecule has 4 aromatic rings. The first kappa shape index (κ1) is 24.0. The van der Waals surface area contributed by atoms with E-state index in [0.717, 1.165) is 0 Å². The Hall–Kier alpha value is -2.19. The summed E-state index contributed by atoms with van der Waals surface area (Å²) in [6, 6.07) is 45.7. The van der Waals surface area contributed by atoms with E-state index in [4.69, 9.17) is 0 Å². The molecule has 1 aliphatic heterocycles. The molecular weight excluding hydrogens is 484 g/mol. The van der Waals surface area contributed by atoms with Gasteiger partial charge in [-0.3, -0.25) is 0 Å². The van der Waals surface area contributed by atoms with Crippen LogP contribution in [0.3, 0.4) is 0 Å². The van der Waals surface area contributed by atoms with Gasteiger partial charge in [0.05, 0.1) is 20.7 Å². The first-order valence-electron chi connectivity index (χ1n) is 11.5. The minimum Gasteiger partial charge on any atom is -1.00 e. The molecule has 0 spiro atoms. The molecule has 0 aromatic heterocycles. The van der Waals surface area contributed by atoms with Crippen LogP contribution in [0.4, 0.5) is 0 Å². The van der Waals surface area contributed by atoms with E-state index in [2.05, 4.69) is 143 Å². The maximum atomic E-state index is 2.61. The molecule has 1 N–H and O–H groups in total. The van der Waals surface area contributed by atoms with Crippen molar-refractivity contribution >= 4 is 30.6 Å². The standard InChI is InChI=1S/C29H30BNP.BrH/c1-23(25-15-7-3-8-16-25)31-24(2)29(30-31)32(26-17-9-4-10-18-26,27-19-11-5-12-20-27)28-21-13-6-14-22-28;/h3-24,29,31H,1-2H3;1H/q+1;/p-1/t23-,24-,29-;/m0./s1. The first-order chi connectivity index (χ1) is 15.7. The second kappa shape index (κ2) is 10.4. The van der Waals surface area contributed by atoms with E-state index in [1.807, 2.05) is 0 Å². The molecule has 0 saturated carbocycles. The molecule has 4 atom stereocenters. The first-order valence-corrected chi connectivity index (χ1v) is 13.4. The fourth-order valence-corrected chi connectivity index (χ4v) is 10.5. The van der Waals surface area contributed by atoms with Gasteiger partial charge in [0.1, 0.15) is 15.9 Å². The lowest BCUT2D eigenvalue weighted by Crippen LogP contribution is -3.27. The van der Waals surface area contributed by atoms with Crippen molar-refractivity contribution in [2.75, 3.05) is 0 Å². The summed E-state index contributed by atoms with van der Waals surface area (Å²) in [6.45, 7) is 4.81. The van der Waals surface area contributed by atoms with Crippen molar-refractivity contribution in [3.05, 3.63) is 127 Å². The van der Waals surface area contributed by atoms with Crippen molar-refractivity contribution in [1.29, 1.82) is 0 Å². The second-order valence-electron chi connectivity index (χ2n) is 8.81. The highest BCUT2D eigenvalue weighted by Gasteiger charge is 2.56. The largest absolute Gasteiger partial charge is 1.00 e. The van der Waals surface area contributed by atoms with Crippen molar-refractivity contribution in [3.63, 3.8) is 0 Å². The summed E-state index contributed by atoms with van der Waals surface area (Å²) in [5.41, 5.74) is 1.91. The Kier molecular flexibility index (Phi) is 7.54. The van der Waals surface area contributed by atoms with Crippen LogP contribution >= 0.6 is 7.26 Å². The van der Waals surface area contributed by atoms with Crippen molar-refractivity contribution in [2.45, 2.75) is 31.5 Å². The topological polar surface area (TPSA) is 4.44 Å². The summed E-state index contributed by atoms with van der Waals surface area (Å²) < 4.78 is 0. The fraction of sp³-hybridized carbons (Fsp3) is 0.172. The van der Waals surface area contributed by atoms with E-state index < -0.39 is 7.26 Å². The van der Waals surface area contributed by atoms with E-state index in [9.17, 15) is 0 Å². The molecule has 1 nitrogen and oxygen atoms in total. The van der Waals surface area contributed by atoms with Crippen LogP contribution in [0.15, 0.2) is 121 Å². The molecule has 0 aliphatic carbocycles. The number of quaternary nitrogens is 1. The molecule has 166 valence electrons. The molecule has 33 heavy (non-hydrogen) atoms. The average molecular weight is 514 g/mol. The molecule has 1 saturated heterocycles. The Morgan fingerprint density at radius 2 is 1.00 bits per heavy atom. The third-order valence-electron chi connectivity index (χ3n) is 7.14. The summed E-state index contributed by atoms with van der Waals surface area (Å²) in [5, 5.41) is 4.41. The molecule has 1 unspecified atom stereocenters. The fourth-order valence-electron chi connectivity index (χ4n) is 5.44. The van der Waals surface area contributed by atoms with Crippen LogP contribution in [0, 0.1) is 0 Å². The second-order valence-corrected chi connectivity index (χ2v) is 12.4. The zero-order chi connectivity index (χ0) is 22.0. The smallest absolute Gasteiger partial charge is 0.101 e. The van der Waals surface area contributed by atoms with Gasteiger partial charge in [-0.1, -0.05) is 84.9 Å². The number of benzene rings is 4. The van der Waals surface area contributed by atoms with E-state index in [-0.39, 0.29) is 17.0 Å². The van der Waals surface area contributed by atoms with Gasteiger partial charge in [-0.25, -0.2) is 0 Å². The number of halogens is 1. The number of rotatable bonds is 6. The Balaban J connectivity index is 0.00000259. The Bertz CT molecular complexity index is 1040. The molecule has 4 aromatic carbocycles. The highest BCUT2D eigenvalue weighted by Crippen LogP contribution is 2.61. The van der Waals surface area contributed by atoms with Crippen LogP contribution in [0.1, 0.15) is 25.5 Å². The molecule has 5 rings (SSSR count). The third kappa shape index (κ3) is 4.23. The van der Waals surface area contributed by atoms with Crippen LogP contribution < -0.4 is 37.7 Å². The SMILES string of the molecule is C[C@@H](c1ccccc1)[NH+]1[B-][C@@H]([P+](c2ccccc2)(c2ccccc2)c2ccccc2)[C@@H]1C.[Br-]. The van der Waals surface area contributed by atoms with Crippen LogP contribution in [0.2, 0.25) is 0 Å². The monoisotopic (exact) mass is 513 g/mol. The predicted octanol–water partition coefficient (Wildman–Crippen LogP) is 0.978. The van der Waals surface area contributed by atoms with Crippen molar-refractivity contribution < 1.29 is 21.8 Å². The number of nitrogens with one attached hydrogen (secondary N) is 1. The molecule has 2 radical (unpaired) electrons. The van der Waals surface area contributed by atoms with Crippen molar-refractivity contribution in [1.82, 2.24) is 0 Å². The van der Waals surface area contributed by atoms with E-state index in [0.29, 0.717) is 17.6 Å². The van der Waals surface area contributed by atoms with Gasteiger partial charge in [-0.2, -0.15) is 0 Å². The van der Waals surface area contributed by atoms with E-state index in [1.54, 1.807) is 4.81 Å². The highest BCUT2D eigenvalue weighted by molar-refractivity contribution is 7.97. The zero-order valence-corrected chi connectivity index (χ0v) is 21.7. The van der Waals surface area contributed by atoms with Crippen LogP contribution in [-0.2, 0) is 0 Å². The molecule has 0 amide bonds. The normalized spacial score (nSPS) is 20.8. The average Bonchev–Trinajstić information content (AvgIpc) is 2.88.